The molecule has 1 amide bonds. The van der Waals surface area contributed by atoms with Crippen molar-refractivity contribution < 1.29 is 4.79 Å². The Hall–Kier alpha value is -3.29. The number of rotatable bonds is 6. The molecule has 0 unspecified atom stereocenters. The molecule has 1 fully saturated rings. The molecule has 0 N–H and O–H groups in total. The standard InChI is InChI=1S/C28H29N5OS/c1-31(2)14-3-4-26(34)32-17-24-27(20-9-12-29-13-10-20)28(30-33(24)18-23(32)19-5-6-19)22-7-8-25-21(16-22)11-15-35-25/h3-4,7-13,15-16,19,23H,5-6,14,17-18H2,1-2H3/b4-3+/t23-/m1/s1. The number of likely N-dealkylation sites (N-methyl/N-ethyl adjacent to an activating group) is 1. The van der Waals surface area contributed by atoms with Crippen LogP contribution < -0.4 is 0 Å². The van der Waals surface area contributed by atoms with Crippen LogP contribution in [0.4, 0.5) is 0 Å². The maximum absolute atomic E-state index is 13.4. The van der Waals surface area contributed by atoms with Gasteiger partial charge in [-0.3, -0.25) is 14.5 Å². The van der Waals surface area contributed by atoms with Crippen LogP contribution in [0.2, 0.25) is 0 Å². The highest BCUT2D eigenvalue weighted by Gasteiger charge is 2.41. The van der Waals surface area contributed by atoms with Crippen molar-refractivity contribution in [2.24, 2.45) is 5.92 Å². The second-order valence-corrected chi connectivity index (χ2v) is 10.7. The number of amides is 1. The van der Waals surface area contributed by atoms with Gasteiger partial charge in [0.2, 0.25) is 5.91 Å². The lowest BCUT2D eigenvalue weighted by Crippen LogP contribution is -2.47. The molecule has 0 radical (unpaired) electrons. The molecule has 0 bridgehead atoms. The molecular formula is C28H29N5OS. The zero-order valence-electron chi connectivity index (χ0n) is 20.1. The summed E-state index contributed by atoms with van der Waals surface area (Å²) in [5, 5.41) is 8.53. The zero-order valence-corrected chi connectivity index (χ0v) is 20.9. The van der Waals surface area contributed by atoms with E-state index in [-0.39, 0.29) is 11.9 Å². The first-order chi connectivity index (χ1) is 17.1. The Balaban J connectivity index is 1.45. The molecule has 1 aliphatic carbocycles. The molecule has 0 spiro atoms. The number of hydrogen-bond acceptors (Lipinski definition) is 5. The molecule has 6 rings (SSSR count). The average molecular weight is 484 g/mol. The van der Waals surface area contributed by atoms with Gasteiger partial charge in [-0.15, -0.1) is 11.3 Å². The highest BCUT2D eigenvalue weighted by atomic mass is 32.1. The van der Waals surface area contributed by atoms with Crippen LogP contribution in [0.5, 0.6) is 0 Å². The zero-order chi connectivity index (χ0) is 23.9. The second-order valence-electron chi connectivity index (χ2n) is 9.80. The van der Waals surface area contributed by atoms with Crippen molar-refractivity contribution in [3.63, 3.8) is 0 Å². The van der Waals surface area contributed by atoms with Gasteiger partial charge in [0.1, 0.15) is 5.69 Å². The summed E-state index contributed by atoms with van der Waals surface area (Å²) in [5.74, 6) is 0.659. The van der Waals surface area contributed by atoms with Gasteiger partial charge in [-0.2, -0.15) is 5.10 Å². The SMILES string of the molecule is CN(C)C/C=C/C(=O)N1Cc2c(-c3ccncc3)c(-c3ccc4sccc4c3)nn2C[C@@H]1C1CC1. The fraction of sp³-hybridized carbons (Fsp3) is 0.321. The molecule has 4 heterocycles. The summed E-state index contributed by atoms with van der Waals surface area (Å²) < 4.78 is 3.44. The molecule has 178 valence electrons. The molecule has 1 aromatic carbocycles. The minimum absolute atomic E-state index is 0.0955. The Morgan fingerprint density at radius 2 is 1.97 bits per heavy atom. The quantitative estimate of drug-likeness (QED) is 0.360. The lowest BCUT2D eigenvalue weighted by molar-refractivity contribution is -0.130. The van der Waals surface area contributed by atoms with Gasteiger partial charge in [-0.05, 0) is 79.5 Å². The number of carbonyl (C=O) groups excluding carboxylic acids is 1. The number of thiophene rings is 1. The summed E-state index contributed by atoms with van der Waals surface area (Å²) in [6, 6.07) is 13.0. The Bertz CT molecular complexity index is 1400. The van der Waals surface area contributed by atoms with Crippen LogP contribution in [-0.2, 0) is 17.9 Å². The van der Waals surface area contributed by atoms with Gasteiger partial charge < -0.3 is 9.80 Å². The number of carbonyl (C=O) groups is 1. The third-order valence-corrected chi connectivity index (χ3v) is 7.91. The van der Waals surface area contributed by atoms with Crippen LogP contribution >= 0.6 is 11.3 Å². The predicted molar refractivity (Wildman–Crippen MR) is 141 cm³/mol. The van der Waals surface area contributed by atoms with E-state index in [0.717, 1.165) is 41.2 Å². The number of hydrogen-bond donors (Lipinski definition) is 0. The van der Waals surface area contributed by atoms with Crippen LogP contribution in [0, 0.1) is 5.92 Å². The normalized spacial score (nSPS) is 18.0. The Morgan fingerprint density at radius 3 is 2.74 bits per heavy atom. The Kier molecular flexibility index (Phi) is 5.74. The summed E-state index contributed by atoms with van der Waals surface area (Å²) in [6.07, 6.45) is 9.74. The third kappa shape index (κ3) is 4.30. The molecule has 35 heavy (non-hydrogen) atoms. The molecule has 4 aromatic rings. The van der Waals surface area contributed by atoms with E-state index in [1.807, 2.05) is 44.7 Å². The van der Waals surface area contributed by atoms with Crippen LogP contribution in [0.25, 0.3) is 32.5 Å². The van der Waals surface area contributed by atoms with Crippen molar-refractivity contribution >= 4 is 27.3 Å². The molecule has 1 atom stereocenters. The second kappa shape index (κ2) is 9.06. The molecule has 1 aliphatic heterocycles. The molecule has 0 saturated heterocycles. The van der Waals surface area contributed by atoms with E-state index in [9.17, 15) is 4.79 Å². The largest absolute Gasteiger partial charge is 0.328 e. The fourth-order valence-corrected chi connectivity index (χ4v) is 5.86. The third-order valence-electron chi connectivity index (χ3n) is 7.01. The summed E-state index contributed by atoms with van der Waals surface area (Å²) in [4.78, 5) is 21.7. The first-order valence-electron chi connectivity index (χ1n) is 12.2. The average Bonchev–Trinajstić information content (AvgIpc) is 3.48. The van der Waals surface area contributed by atoms with Gasteiger partial charge in [0.05, 0.1) is 24.8 Å². The van der Waals surface area contributed by atoms with Crippen LogP contribution in [0.3, 0.4) is 0 Å². The number of nitrogens with zero attached hydrogens (tertiary/aromatic N) is 5. The van der Waals surface area contributed by atoms with Gasteiger partial charge in [0, 0.05) is 40.8 Å². The summed E-state index contributed by atoms with van der Waals surface area (Å²) in [7, 11) is 4.02. The lowest BCUT2D eigenvalue weighted by atomic mass is 9.97. The smallest absolute Gasteiger partial charge is 0.246 e. The summed E-state index contributed by atoms with van der Waals surface area (Å²) in [5.41, 5.74) is 5.37. The molecule has 2 aliphatic rings. The van der Waals surface area contributed by atoms with Gasteiger partial charge in [-0.1, -0.05) is 12.1 Å². The molecule has 7 heteroatoms. The van der Waals surface area contributed by atoms with Crippen LogP contribution in [-0.4, -0.2) is 57.2 Å². The van der Waals surface area contributed by atoms with E-state index in [1.54, 1.807) is 17.4 Å². The van der Waals surface area contributed by atoms with Gasteiger partial charge in [-0.25, -0.2) is 0 Å². The van der Waals surface area contributed by atoms with E-state index in [2.05, 4.69) is 49.1 Å². The minimum Gasteiger partial charge on any atom is -0.328 e. The van der Waals surface area contributed by atoms with Crippen molar-refractivity contribution in [3.05, 3.63) is 72.0 Å². The molecule has 1 saturated carbocycles. The summed E-state index contributed by atoms with van der Waals surface area (Å²) >= 11 is 1.75. The Labute approximate surface area is 209 Å². The monoisotopic (exact) mass is 483 g/mol. The van der Waals surface area contributed by atoms with E-state index in [4.69, 9.17) is 5.10 Å². The molecular weight excluding hydrogens is 454 g/mol. The van der Waals surface area contributed by atoms with Gasteiger partial charge in [0.15, 0.2) is 0 Å². The van der Waals surface area contributed by atoms with E-state index in [1.165, 1.54) is 22.9 Å². The molecule has 6 nitrogen and oxygen atoms in total. The maximum atomic E-state index is 13.4. The first-order valence-corrected chi connectivity index (χ1v) is 13.1. The number of benzene rings is 1. The number of fused-ring (bicyclic) bond motifs is 2. The topological polar surface area (TPSA) is 54.3 Å². The molecule has 3 aromatic heterocycles. The Morgan fingerprint density at radius 1 is 1.14 bits per heavy atom. The van der Waals surface area contributed by atoms with Crippen molar-refractivity contribution in [2.75, 3.05) is 20.6 Å². The van der Waals surface area contributed by atoms with Crippen LogP contribution in [0.1, 0.15) is 18.5 Å². The highest BCUT2D eigenvalue weighted by molar-refractivity contribution is 7.17. The minimum atomic E-state index is 0.0955. The highest BCUT2D eigenvalue weighted by Crippen LogP contribution is 2.43. The fourth-order valence-electron chi connectivity index (χ4n) is 5.09. The van der Waals surface area contributed by atoms with E-state index in [0.29, 0.717) is 12.5 Å². The predicted octanol–water partition coefficient (Wildman–Crippen LogP) is 5.07. The van der Waals surface area contributed by atoms with Gasteiger partial charge >= 0.3 is 0 Å². The van der Waals surface area contributed by atoms with Gasteiger partial charge in [0.25, 0.3) is 0 Å². The van der Waals surface area contributed by atoms with Crippen molar-refractivity contribution in [3.8, 4) is 22.4 Å². The van der Waals surface area contributed by atoms with Crippen molar-refractivity contribution in [2.45, 2.75) is 32.0 Å². The summed E-state index contributed by atoms with van der Waals surface area (Å²) in [6.45, 7) is 2.06. The van der Waals surface area contributed by atoms with E-state index < -0.39 is 0 Å². The van der Waals surface area contributed by atoms with Crippen LogP contribution in [0.15, 0.2) is 66.3 Å². The number of pyridine rings is 1. The number of aromatic nitrogens is 3. The maximum Gasteiger partial charge on any atom is 0.246 e. The van der Waals surface area contributed by atoms with Crippen molar-refractivity contribution in [1.29, 1.82) is 0 Å². The van der Waals surface area contributed by atoms with Crippen molar-refractivity contribution in [1.82, 2.24) is 24.6 Å². The van der Waals surface area contributed by atoms with E-state index >= 15 is 0 Å². The lowest BCUT2D eigenvalue weighted by Gasteiger charge is -2.36. The first kappa shape index (κ1) is 22.2.